The molecule has 1 unspecified atom stereocenters. The van der Waals surface area contributed by atoms with Gasteiger partial charge in [-0.15, -0.1) is 0 Å². The van der Waals surface area contributed by atoms with Crippen molar-refractivity contribution in [3.05, 3.63) is 18.5 Å². The normalized spacial score (nSPS) is 28.4. The molecule has 2 N–H and O–H groups in total. The molecule has 1 fully saturated rings. The molecule has 0 bridgehead atoms. The van der Waals surface area contributed by atoms with Crippen LogP contribution >= 0.6 is 0 Å². The molecule has 1 saturated heterocycles. The van der Waals surface area contributed by atoms with Crippen molar-refractivity contribution >= 4 is 0 Å². The summed E-state index contributed by atoms with van der Waals surface area (Å²) in [5.41, 5.74) is 0. The molecule has 0 aliphatic carbocycles. The van der Waals surface area contributed by atoms with E-state index in [0.29, 0.717) is 18.7 Å². The number of likely N-dealkylation sites (N-methyl/N-ethyl adjacent to an activating group) is 1. The molecule has 0 spiro atoms. The predicted molar refractivity (Wildman–Crippen MR) is 52.4 cm³/mol. The van der Waals surface area contributed by atoms with Crippen LogP contribution in [0.5, 0.6) is 0 Å². The molecule has 5 nitrogen and oxygen atoms in total. The van der Waals surface area contributed by atoms with Crippen LogP contribution in [0.25, 0.3) is 0 Å². The van der Waals surface area contributed by atoms with Gasteiger partial charge in [0.25, 0.3) is 0 Å². The third-order valence-corrected chi connectivity index (χ3v) is 2.85. The van der Waals surface area contributed by atoms with Crippen molar-refractivity contribution in [2.24, 2.45) is 5.90 Å². The summed E-state index contributed by atoms with van der Waals surface area (Å²) in [6, 6.07) is 2.82. The van der Waals surface area contributed by atoms with Gasteiger partial charge in [0.2, 0.25) is 0 Å². The first-order valence-corrected chi connectivity index (χ1v) is 4.82. The van der Waals surface area contributed by atoms with E-state index in [9.17, 15) is 0 Å². The Morgan fingerprint density at radius 1 is 1.64 bits per heavy atom. The fourth-order valence-electron chi connectivity index (χ4n) is 2.04. The van der Waals surface area contributed by atoms with Crippen LogP contribution in [-0.4, -0.2) is 40.9 Å². The number of rotatable bonds is 3. The summed E-state index contributed by atoms with van der Waals surface area (Å²) in [6.07, 6.45) is 4.87. The molecule has 2 atom stereocenters. The maximum atomic E-state index is 5.09. The largest absolute Gasteiger partial charge is 0.303 e. The van der Waals surface area contributed by atoms with Crippen LogP contribution in [0.2, 0.25) is 0 Å². The van der Waals surface area contributed by atoms with Crippen LogP contribution < -0.4 is 5.90 Å². The van der Waals surface area contributed by atoms with Crippen LogP contribution in [-0.2, 0) is 4.84 Å². The van der Waals surface area contributed by atoms with Gasteiger partial charge >= 0.3 is 0 Å². The lowest BCUT2D eigenvalue weighted by Gasteiger charge is -2.16. The molecule has 5 heteroatoms. The summed E-state index contributed by atoms with van der Waals surface area (Å²) in [7, 11) is 2.09. The maximum absolute atomic E-state index is 5.09. The zero-order chi connectivity index (χ0) is 9.97. The van der Waals surface area contributed by atoms with E-state index in [1.165, 1.54) is 0 Å². The number of likely N-dealkylation sites (tertiary alicyclic amines) is 1. The van der Waals surface area contributed by atoms with Crippen LogP contribution in [0.15, 0.2) is 18.5 Å². The summed E-state index contributed by atoms with van der Waals surface area (Å²) in [4.78, 5) is 6.95. The predicted octanol–water partition coefficient (Wildman–Crippen LogP) is 0.0186. The Labute approximate surface area is 83.4 Å². The minimum absolute atomic E-state index is 0.411. The Balaban J connectivity index is 1.99. The Bertz CT molecular complexity index is 274. The van der Waals surface area contributed by atoms with Crippen LogP contribution in [0.4, 0.5) is 0 Å². The molecule has 2 heterocycles. The van der Waals surface area contributed by atoms with E-state index in [1.54, 1.807) is 0 Å². The molecule has 78 valence electrons. The topological polar surface area (TPSA) is 56.3 Å². The fourth-order valence-corrected chi connectivity index (χ4v) is 2.04. The van der Waals surface area contributed by atoms with E-state index < -0.39 is 0 Å². The average molecular weight is 196 g/mol. The Kier molecular flexibility index (Phi) is 2.81. The summed E-state index contributed by atoms with van der Waals surface area (Å²) < 4.78 is 2.01. The van der Waals surface area contributed by atoms with Gasteiger partial charge in [-0.2, -0.15) is 5.10 Å². The molecular formula is C9H16N4O. The molecular weight excluding hydrogens is 180 g/mol. The molecule has 1 aromatic rings. The summed E-state index contributed by atoms with van der Waals surface area (Å²) >= 11 is 0. The Morgan fingerprint density at radius 2 is 2.50 bits per heavy atom. The highest BCUT2D eigenvalue weighted by atomic mass is 16.6. The van der Waals surface area contributed by atoms with Gasteiger partial charge in [-0.3, -0.25) is 9.58 Å². The smallest absolute Gasteiger partial charge is 0.0835 e. The number of aromatic nitrogens is 2. The van der Waals surface area contributed by atoms with Crippen LogP contribution in [0.3, 0.4) is 0 Å². The van der Waals surface area contributed by atoms with Crippen molar-refractivity contribution < 1.29 is 4.84 Å². The van der Waals surface area contributed by atoms with E-state index in [0.717, 1.165) is 13.0 Å². The van der Waals surface area contributed by atoms with Crippen molar-refractivity contribution in [1.29, 1.82) is 0 Å². The van der Waals surface area contributed by atoms with Gasteiger partial charge < -0.3 is 4.84 Å². The molecule has 0 amide bonds. The number of hydrogen-bond donors (Lipinski definition) is 1. The lowest BCUT2D eigenvalue weighted by Crippen LogP contribution is -2.30. The van der Waals surface area contributed by atoms with Gasteiger partial charge in [-0.05, 0) is 19.5 Å². The zero-order valence-corrected chi connectivity index (χ0v) is 8.34. The van der Waals surface area contributed by atoms with Gasteiger partial charge in [-0.25, -0.2) is 5.90 Å². The van der Waals surface area contributed by atoms with Crippen LogP contribution in [0.1, 0.15) is 12.5 Å². The van der Waals surface area contributed by atoms with E-state index in [1.807, 2.05) is 23.1 Å². The number of nitrogens with two attached hydrogens (primary N) is 1. The molecule has 2 rings (SSSR count). The highest BCUT2D eigenvalue weighted by Crippen LogP contribution is 2.24. The van der Waals surface area contributed by atoms with E-state index in [2.05, 4.69) is 17.0 Å². The Hall–Kier alpha value is -0.910. The Morgan fingerprint density at radius 3 is 3.14 bits per heavy atom. The fraction of sp³-hybridized carbons (Fsp3) is 0.667. The quantitative estimate of drug-likeness (QED) is 0.692. The lowest BCUT2D eigenvalue weighted by molar-refractivity contribution is 0.0870. The molecule has 1 aliphatic rings. The van der Waals surface area contributed by atoms with Gasteiger partial charge in [0.15, 0.2) is 0 Å². The van der Waals surface area contributed by atoms with E-state index in [-0.39, 0.29) is 0 Å². The van der Waals surface area contributed by atoms with Crippen molar-refractivity contribution in [2.75, 3.05) is 20.2 Å². The van der Waals surface area contributed by atoms with Crippen molar-refractivity contribution in [3.63, 3.8) is 0 Å². The molecule has 0 aromatic carbocycles. The SMILES string of the molecule is CN1CC(n2cccn2)C[C@H]1CON. The summed E-state index contributed by atoms with van der Waals surface area (Å²) in [6.45, 7) is 1.60. The summed E-state index contributed by atoms with van der Waals surface area (Å²) in [5, 5.41) is 4.25. The van der Waals surface area contributed by atoms with Crippen LogP contribution in [0, 0.1) is 0 Å². The van der Waals surface area contributed by atoms with E-state index in [4.69, 9.17) is 10.7 Å². The third-order valence-electron chi connectivity index (χ3n) is 2.85. The van der Waals surface area contributed by atoms with Gasteiger partial charge in [-0.1, -0.05) is 0 Å². The monoisotopic (exact) mass is 196 g/mol. The zero-order valence-electron chi connectivity index (χ0n) is 8.34. The van der Waals surface area contributed by atoms with Gasteiger partial charge in [0.1, 0.15) is 0 Å². The second kappa shape index (κ2) is 4.08. The van der Waals surface area contributed by atoms with E-state index >= 15 is 0 Å². The second-order valence-corrected chi connectivity index (χ2v) is 3.80. The van der Waals surface area contributed by atoms with Gasteiger partial charge in [0.05, 0.1) is 12.6 Å². The maximum Gasteiger partial charge on any atom is 0.0835 e. The van der Waals surface area contributed by atoms with Crippen molar-refractivity contribution in [3.8, 4) is 0 Å². The second-order valence-electron chi connectivity index (χ2n) is 3.80. The average Bonchev–Trinajstić information content (AvgIpc) is 2.76. The number of hydrogen-bond acceptors (Lipinski definition) is 4. The van der Waals surface area contributed by atoms with Crippen molar-refractivity contribution in [2.45, 2.75) is 18.5 Å². The first-order chi connectivity index (χ1) is 6.81. The molecule has 1 aromatic heterocycles. The molecule has 0 radical (unpaired) electrons. The minimum Gasteiger partial charge on any atom is -0.303 e. The molecule has 14 heavy (non-hydrogen) atoms. The number of nitrogens with zero attached hydrogens (tertiary/aromatic N) is 3. The first kappa shape index (κ1) is 9.64. The van der Waals surface area contributed by atoms with Gasteiger partial charge in [0, 0.05) is 25.0 Å². The standard InChI is InChI=1S/C9H16N4O/c1-12-6-8(5-9(12)7-14-10)13-4-2-3-11-13/h2-4,8-9H,5-7,10H2,1H3/t8?,9-/m0/s1. The lowest BCUT2D eigenvalue weighted by atomic mass is 10.2. The minimum atomic E-state index is 0.411. The first-order valence-electron chi connectivity index (χ1n) is 4.82. The molecule has 1 aliphatic heterocycles. The summed E-state index contributed by atoms with van der Waals surface area (Å²) in [5.74, 6) is 5.09. The third kappa shape index (κ3) is 1.79. The van der Waals surface area contributed by atoms with Crippen molar-refractivity contribution in [1.82, 2.24) is 14.7 Å². The highest BCUT2D eigenvalue weighted by Gasteiger charge is 2.30. The molecule has 0 saturated carbocycles. The highest BCUT2D eigenvalue weighted by molar-refractivity contribution is 4.89.